The third-order valence-electron chi connectivity index (χ3n) is 0.223. The minimum absolute atomic E-state index is 0.954. The van der Waals surface area contributed by atoms with Crippen molar-refractivity contribution in [1.82, 2.24) is 0 Å². The molecule has 0 fully saturated rings. The Bertz CT molecular complexity index is 85.4. The van der Waals surface area contributed by atoms with Gasteiger partial charge in [-0.1, -0.05) is 12.2 Å². The van der Waals surface area contributed by atoms with E-state index in [4.69, 9.17) is 0 Å². The molecule has 0 nitrogen and oxygen atoms in total. The summed E-state index contributed by atoms with van der Waals surface area (Å²) in [6.45, 7) is 0. The number of hydrogen-bond acceptors (Lipinski definition) is 1. The van der Waals surface area contributed by atoms with Gasteiger partial charge in [-0.05, 0) is 22.6 Å². The largest absolute Gasteiger partial charge is 0.432 e. The van der Waals surface area contributed by atoms with Gasteiger partial charge in [-0.15, -0.1) is 0 Å². The van der Waals surface area contributed by atoms with Crippen LogP contribution >= 0.6 is 34.8 Å². The van der Waals surface area contributed by atoms with Gasteiger partial charge in [0.1, 0.15) is 0 Å². The topological polar surface area (TPSA) is 0 Å². The van der Waals surface area contributed by atoms with Gasteiger partial charge in [-0.3, -0.25) is 0 Å². The van der Waals surface area contributed by atoms with E-state index in [2.05, 4.69) is 12.2 Å². The average Bonchev–Trinajstić information content (AvgIpc) is 1.31. The molecule has 0 amide bonds. The molecule has 0 aromatic rings. The molecule has 0 spiro atoms. The van der Waals surface area contributed by atoms with E-state index in [-0.39, 0.29) is 0 Å². The van der Waals surface area contributed by atoms with Gasteiger partial charge in [0.25, 0.3) is 0 Å². The zero-order valence-electron chi connectivity index (χ0n) is 2.92. The van der Waals surface area contributed by atoms with Gasteiger partial charge in [-0.25, -0.2) is 0 Å². The van der Waals surface area contributed by atoms with E-state index in [0.717, 1.165) is 22.6 Å². The highest BCUT2D eigenvalue weighted by atomic mass is 127. The van der Waals surface area contributed by atoms with Crippen LogP contribution in [0.3, 0.4) is 0 Å². The van der Waals surface area contributed by atoms with E-state index in [1.54, 1.807) is 0 Å². The zero-order chi connectivity index (χ0) is 6.08. The van der Waals surface area contributed by atoms with Crippen molar-refractivity contribution in [2.75, 3.05) is 0 Å². The standard InChI is InChI=1S/C2F3IS/c3-2(4,5)1(6)7. The van der Waals surface area contributed by atoms with Gasteiger partial charge in [0.05, 0.1) is 0 Å². The summed E-state index contributed by atoms with van der Waals surface area (Å²) in [4.78, 5) is 0. The third-order valence-corrected chi connectivity index (χ3v) is 1.07. The highest BCUT2D eigenvalue weighted by Crippen LogP contribution is 2.20. The highest BCUT2D eigenvalue weighted by molar-refractivity contribution is 14.1. The van der Waals surface area contributed by atoms with Crippen LogP contribution in [0.5, 0.6) is 0 Å². The first-order chi connectivity index (χ1) is 2.94. The Hall–Kier alpha value is 0.610. The van der Waals surface area contributed by atoms with Crippen molar-refractivity contribution in [3.63, 3.8) is 0 Å². The normalized spacial score (nSPS) is 11.4. The van der Waals surface area contributed by atoms with Gasteiger partial charge in [0.15, 0.2) is 2.87 Å². The Morgan fingerprint density at radius 2 is 1.57 bits per heavy atom. The second-order valence-electron chi connectivity index (χ2n) is 0.771. The van der Waals surface area contributed by atoms with Crippen molar-refractivity contribution in [3.8, 4) is 0 Å². The summed E-state index contributed by atoms with van der Waals surface area (Å²) in [6, 6.07) is 0. The molecule has 5 heteroatoms. The molecular formula is C2F3IS. The van der Waals surface area contributed by atoms with Crippen LogP contribution in [-0.2, 0) is 0 Å². The number of alkyl halides is 3. The molecule has 0 aromatic heterocycles. The monoisotopic (exact) mass is 240 g/mol. The van der Waals surface area contributed by atoms with E-state index in [1.807, 2.05) is 0 Å². The maximum atomic E-state index is 11.0. The fourth-order valence-electron chi connectivity index (χ4n) is 0. The summed E-state index contributed by atoms with van der Waals surface area (Å²) in [5.74, 6) is 0. The predicted octanol–water partition coefficient (Wildman–Crippen LogP) is 2.31. The van der Waals surface area contributed by atoms with Gasteiger partial charge in [0, 0.05) is 0 Å². The Morgan fingerprint density at radius 3 is 1.57 bits per heavy atom. The molecule has 0 N–H and O–H groups in total. The van der Waals surface area contributed by atoms with Crippen LogP contribution in [0.4, 0.5) is 13.2 Å². The van der Waals surface area contributed by atoms with Crippen LogP contribution in [-0.4, -0.2) is 9.05 Å². The minimum Gasteiger partial charge on any atom is -0.165 e. The van der Waals surface area contributed by atoms with Crippen LogP contribution in [0.15, 0.2) is 0 Å². The Kier molecular flexibility index (Phi) is 2.45. The van der Waals surface area contributed by atoms with Crippen molar-refractivity contribution < 1.29 is 13.2 Å². The van der Waals surface area contributed by atoms with Crippen LogP contribution in [0, 0.1) is 0 Å². The molecule has 0 heterocycles. The van der Waals surface area contributed by atoms with Gasteiger partial charge in [-0.2, -0.15) is 13.2 Å². The second kappa shape index (κ2) is 2.25. The molecule has 0 bridgehead atoms. The Labute approximate surface area is 57.2 Å². The molecule has 0 aliphatic heterocycles. The summed E-state index contributed by atoms with van der Waals surface area (Å²) in [6.07, 6.45) is -4.28. The van der Waals surface area contributed by atoms with Crippen LogP contribution < -0.4 is 0 Å². The highest BCUT2D eigenvalue weighted by Gasteiger charge is 2.31. The second-order valence-corrected chi connectivity index (χ2v) is 2.99. The van der Waals surface area contributed by atoms with Crippen molar-refractivity contribution in [2.45, 2.75) is 6.18 Å². The molecule has 0 aromatic carbocycles. The molecule has 0 saturated heterocycles. The van der Waals surface area contributed by atoms with Gasteiger partial charge >= 0.3 is 6.18 Å². The molecule has 0 unspecified atom stereocenters. The van der Waals surface area contributed by atoms with E-state index >= 15 is 0 Å². The fourth-order valence-corrected chi connectivity index (χ4v) is 0. The number of hydrogen-bond donors (Lipinski definition) is 0. The molecule has 7 heavy (non-hydrogen) atoms. The van der Waals surface area contributed by atoms with Crippen molar-refractivity contribution >= 4 is 37.7 Å². The minimum atomic E-state index is -4.28. The molecule has 0 atom stereocenters. The summed E-state index contributed by atoms with van der Waals surface area (Å²) in [7, 11) is 0. The van der Waals surface area contributed by atoms with Crippen molar-refractivity contribution in [2.24, 2.45) is 0 Å². The lowest BCUT2D eigenvalue weighted by Crippen LogP contribution is -2.13. The molecule has 42 valence electrons. The lowest BCUT2D eigenvalue weighted by molar-refractivity contribution is -0.0523. The summed E-state index contributed by atoms with van der Waals surface area (Å²) in [5, 5.41) is 0. The lowest BCUT2D eigenvalue weighted by Gasteiger charge is -1.97. The van der Waals surface area contributed by atoms with Crippen LogP contribution in [0.1, 0.15) is 0 Å². The number of thiocarbonyl (C=S) groups is 1. The zero-order valence-corrected chi connectivity index (χ0v) is 5.89. The molecule has 0 saturated carbocycles. The quantitative estimate of drug-likeness (QED) is 0.355. The van der Waals surface area contributed by atoms with E-state index in [0.29, 0.717) is 0 Å². The van der Waals surface area contributed by atoms with Crippen LogP contribution in [0.2, 0.25) is 0 Å². The molecule has 0 aliphatic carbocycles. The first kappa shape index (κ1) is 7.61. The van der Waals surface area contributed by atoms with E-state index in [9.17, 15) is 13.2 Å². The molecule has 0 aliphatic rings. The smallest absolute Gasteiger partial charge is 0.165 e. The van der Waals surface area contributed by atoms with Crippen molar-refractivity contribution in [1.29, 1.82) is 0 Å². The van der Waals surface area contributed by atoms with Crippen LogP contribution in [0.25, 0.3) is 0 Å². The van der Waals surface area contributed by atoms with Gasteiger partial charge < -0.3 is 0 Å². The first-order valence-electron chi connectivity index (χ1n) is 1.21. The molecule has 0 rings (SSSR count). The summed E-state index contributed by atoms with van der Waals surface area (Å²) in [5.41, 5.74) is 0. The SMILES string of the molecule is FC(F)(F)C(=S)I. The Balaban J connectivity index is 3.79. The number of rotatable bonds is 0. The predicted molar refractivity (Wildman–Crippen MR) is 32.7 cm³/mol. The average molecular weight is 240 g/mol. The maximum Gasteiger partial charge on any atom is 0.432 e. The van der Waals surface area contributed by atoms with E-state index in [1.165, 1.54) is 0 Å². The molecular weight excluding hydrogens is 240 g/mol. The van der Waals surface area contributed by atoms with E-state index < -0.39 is 9.05 Å². The maximum absolute atomic E-state index is 11.0. The molecule has 0 radical (unpaired) electrons. The Morgan fingerprint density at radius 1 is 1.43 bits per heavy atom. The van der Waals surface area contributed by atoms with Crippen molar-refractivity contribution in [3.05, 3.63) is 0 Å². The summed E-state index contributed by atoms with van der Waals surface area (Å²) >= 11 is 4.85. The first-order valence-corrected chi connectivity index (χ1v) is 2.70. The third kappa shape index (κ3) is 3.22. The van der Waals surface area contributed by atoms with Gasteiger partial charge in [0.2, 0.25) is 0 Å². The number of halogens is 4. The lowest BCUT2D eigenvalue weighted by atomic mass is 10.8. The fraction of sp³-hybridized carbons (Fsp3) is 0.500. The summed E-state index contributed by atoms with van der Waals surface area (Å²) < 4.78 is 32.1.